The first-order valence-corrected chi connectivity index (χ1v) is 5.01. The highest BCUT2D eigenvalue weighted by molar-refractivity contribution is 5.75. The number of likely N-dealkylation sites (N-methyl/N-ethyl adjacent to an activating group) is 1. The lowest BCUT2D eigenvalue weighted by Crippen LogP contribution is -2.27. The number of hydrogen-bond acceptors (Lipinski definition) is 5. The van der Waals surface area contributed by atoms with Crippen molar-refractivity contribution in [3.63, 3.8) is 0 Å². The van der Waals surface area contributed by atoms with Gasteiger partial charge in [-0.1, -0.05) is 0 Å². The second-order valence-electron chi connectivity index (χ2n) is 3.78. The molecule has 2 N–H and O–H groups in total. The van der Waals surface area contributed by atoms with Gasteiger partial charge in [-0.2, -0.15) is 0 Å². The molecule has 0 bridgehead atoms. The average Bonchev–Trinajstić information content (AvgIpc) is 2.16. The molecule has 0 aromatic carbocycles. The number of carboxylic acid groups (broad SMARTS) is 1. The van der Waals surface area contributed by atoms with Crippen LogP contribution >= 0.6 is 0 Å². The Morgan fingerprint density at radius 3 is 2.69 bits per heavy atom. The molecular formula is C10H16N4O2. The number of aromatic nitrogens is 2. The molecule has 88 valence electrons. The van der Waals surface area contributed by atoms with E-state index in [1.54, 1.807) is 24.3 Å². The summed E-state index contributed by atoms with van der Waals surface area (Å²) in [5, 5.41) is 11.8. The maximum Gasteiger partial charge on any atom is 0.323 e. The van der Waals surface area contributed by atoms with E-state index in [0.29, 0.717) is 11.6 Å². The summed E-state index contributed by atoms with van der Waals surface area (Å²) in [6, 6.07) is 0.216. The molecule has 0 atom stereocenters. The van der Waals surface area contributed by atoms with Crippen molar-refractivity contribution in [2.75, 3.05) is 23.8 Å². The van der Waals surface area contributed by atoms with E-state index in [-0.39, 0.29) is 12.6 Å². The summed E-state index contributed by atoms with van der Waals surface area (Å²) < 4.78 is 0. The maximum absolute atomic E-state index is 10.6. The molecule has 1 rings (SSSR count). The Kier molecular flexibility index (Phi) is 4.04. The van der Waals surface area contributed by atoms with Crippen LogP contribution in [0.15, 0.2) is 12.4 Å². The summed E-state index contributed by atoms with van der Waals surface area (Å²) in [5.74, 6) is 0.239. The molecule has 1 aromatic heterocycles. The van der Waals surface area contributed by atoms with Crippen molar-refractivity contribution in [3.8, 4) is 0 Å². The number of carbonyl (C=O) groups is 1. The number of rotatable bonds is 5. The number of aliphatic carboxylic acids is 1. The van der Waals surface area contributed by atoms with Gasteiger partial charge in [0.05, 0.1) is 0 Å². The van der Waals surface area contributed by atoms with Gasteiger partial charge in [0.15, 0.2) is 11.6 Å². The van der Waals surface area contributed by atoms with Crippen LogP contribution in [0.2, 0.25) is 0 Å². The zero-order chi connectivity index (χ0) is 12.1. The minimum absolute atomic E-state index is 0.106. The van der Waals surface area contributed by atoms with Crippen LogP contribution in [-0.2, 0) is 4.79 Å². The van der Waals surface area contributed by atoms with Gasteiger partial charge in [0.1, 0.15) is 6.54 Å². The normalized spacial score (nSPS) is 10.2. The van der Waals surface area contributed by atoms with Gasteiger partial charge in [-0.05, 0) is 13.8 Å². The van der Waals surface area contributed by atoms with Crippen LogP contribution in [0, 0.1) is 0 Å². The average molecular weight is 224 g/mol. The summed E-state index contributed by atoms with van der Waals surface area (Å²) in [5.41, 5.74) is 0. The molecule has 0 saturated carbocycles. The number of nitrogens with one attached hydrogen (secondary N) is 1. The number of nitrogens with zero attached hydrogens (tertiary/aromatic N) is 3. The molecular weight excluding hydrogens is 208 g/mol. The summed E-state index contributed by atoms with van der Waals surface area (Å²) in [6.45, 7) is 3.86. The molecule has 6 heteroatoms. The second kappa shape index (κ2) is 5.29. The van der Waals surface area contributed by atoms with E-state index in [9.17, 15) is 4.79 Å². The van der Waals surface area contributed by atoms with Crippen LogP contribution in [-0.4, -0.2) is 40.7 Å². The van der Waals surface area contributed by atoms with E-state index < -0.39 is 5.97 Å². The van der Waals surface area contributed by atoms with Gasteiger partial charge in [0.2, 0.25) is 0 Å². The molecule has 0 amide bonds. The van der Waals surface area contributed by atoms with Crippen molar-refractivity contribution in [3.05, 3.63) is 12.4 Å². The van der Waals surface area contributed by atoms with E-state index >= 15 is 0 Å². The predicted octanol–water partition coefficient (Wildman–Crippen LogP) is 0.818. The number of carboxylic acids is 1. The van der Waals surface area contributed by atoms with Crippen molar-refractivity contribution in [1.29, 1.82) is 0 Å². The van der Waals surface area contributed by atoms with Crippen LogP contribution in [0.25, 0.3) is 0 Å². The Bertz CT molecular complexity index is 368. The van der Waals surface area contributed by atoms with Crippen molar-refractivity contribution < 1.29 is 9.90 Å². The van der Waals surface area contributed by atoms with Gasteiger partial charge in [-0.25, -0.2) is 9.97 Å². The lowest BCUT2D eigenvalue weighted by Gasteiger charge is -2.19. The molecule has 0 aliphatic rings. The monoisotopic (exact) mass is 224 g/mol. The third kappa shape index (κ3) is 3.38. The molecule has 0 spiro atoms. The molecule has 0 radical (unpaired) electrons. The molecule has 6 nitrogen and oxygen atoms in total. The highest BCUT2D eigenvalue weighted by Gasteiger charge is 2.13. The first-order chi connectivity index (χ1) is 7.50. The van der Waals surface area contributed by atoms with E-state index in [0.717, 1.165) is 0 Å². The van der Waals surface area contributed by atoms with Crippen LogP contribution in [0.1, 0.15) is 13.8 Å². The van der Waals surface area contributed by atoms with Crippen LogP contribution in [0.5, 0.6) is 0 Å². The first-order valence-electron chi connectivity index (χ1n) is 5.01. The molecule has 0 aliphatic heterocycles. The van der Waals surface area contributed by atoms with Gasteiger partial charge >= 0.3 is 5.97 Å². The van der Waals surface area contributed by atoms with Crippen molar-refractivity contribution >= 4 is 17.6 Å². The lowest BCUT2D eigenvalue weighted by molar-refractivity contribution is -0.135. The zero-order valence-electron chi connectivity index (χ0n) is 9.64. The third-order valence-electron chi connectivity index (χ3n) is 1.84. The summed E-state index contributed by atoms with van der Waals surface area (Å²) in [4.78, 5) is 20.4. The minimum Gasteiger partial charge on any atom is -0.480 e. The van der Waals surface area contributed by atoms with Crippen molar-refractivity contribution in [2.45, 2.75) is 19.9 Å². The van der Waals surface area contributed by atoms with Crippen LogP contribution in [0.4, 0.5) is 11.6 Å². The Morgan fingerprint density at radius 1 is 1.50 bits per heavy atom. The zero-order valence-corrected chi connectivity index (χ0v) is 9.64. The maximum atomic E-state index is 10.6. The molecule has 0 unspecified atom stereocenters. The van der Waals surface area contributed by atoms with Gasteiger partial charge in [-0.15, -0.1) is 0 Å². The van der Waals surface area contributed by atoms with E-state index in [1.807, 2.05) is 13.8 Å². The minimum atomic E-state index is -0.899. The largest absolute Gasteiger partial charge is 0.480 e. The summed E-state index contributed by atoms with van der Waals surface area (Å²) in [6.07, 6.45) is 3.11. The van der Waals surface area contributed by atoms with Crippen molar-refractivity contribution in [1.82, 2.24) is 9.97 Å². The molecule has 1 heterocycles. The third-order valence-corrected chi connectivity index (χ3v) is 1.84. The van der Waals surface area contributed by atoms with E-state index in [1.165, 1.54) is 0 Å². The highest BCUT2D eigenvalue weighted by Crippen LogP contribution is 2.18. The fourth-order valence-corrected chi connectivity index (χ4v) is 1.26. The Balaban J connectivity index is 2.89. The number of hydrogen-bond donors (Lipinski definition) is 2. The first kappa shape index (κ1) is 12.2. The topological polar surface area (TPSA) is 78.4 Å². The van der Waals surface area contributed by atoms with Crippen molar-refractivity contribution in [2.24, 2.45) is 0 Å². The fraction of sp³-hybridized carbons (Fsp3) is 0.500. The highest BCUT2D eigenvalue weighted by atomic mass is 16.4. The van der Waals surface area contributed by atoms with Gasteiger partial charge in [0.25, 0.3) is 0 Å². The van der Waals surface area contributed by atoms with E-state index in [2.05, 4.69) is 15.3 Å². The SMILES string of the molecule is CC(C)Nc1nccnc1N(C)CC(=O)O. The Hall–Kier alpha value is -1.85. The fourth-order valence-electron chi connectivity index (χ4n) is 1.26. The van der Waals surface area contributed by atoms with Gasteiger partial charge < -0.3 is 15.3 Å². The lowest BCUT2D eigenvalue weighted by atomic mass is 10.4. The Labute approximate surface area is 94.3 Å². The Morgan fingerprint density at radius 2 is 2.12 bits per heavy atom. The van der Waals surface area contributed by atoms with E-state index in [4.69, 9.17) is 5.11 Å². The standard InChI is InChI=1S/C10H16N4O2/c1-7(2)13-9-10(12-5-4-11-9)14(3)6-8(15)16/h4-5,7H,6H2,1-3H3,(H,11,13)(H,15,16). The number of anilines is 2. The summed E-state index contributed by atoms with van der Waals surface area (Å²) in [7, 11) is 1.67. The predicted molar refractivity (Wildman–Crippen MR) is 61.7 cm³/mol. The van der Waals surface area contributed by atoms with Crippen LogP contribution in [0.3, 0.4) is 0 Å². The molecule has 0 fully saturated rings. The van der Waals surface area contributed by atoms with Gasteiger partial charge in [-0.3, -0.25) is 4.79 Å². The molecule has 1 aromatic rings. The smallest absolute Gasteiger partial charge is 0.323 e. The quantitative estimate of drug-likeness (QED) is 0.771. The molecule has 16 heavy (non-hydrogen) atoms. The van der Waals surface area contributed by atoms with Gasteiger partial charge in [0, 0.05) is 25.5 Å². The summed E-state index contributed by atoms with van der Waals surface area (Å²) >= 11 is 0. The molecule has 0 saturated heterocycles. The van der Waals surface area contributed by atoms with Crippen LogP contribution < -0.4 is 10.2 Å². The molecule has 0 aliphatic carbocycles. The second-order valence-corrected chi connectivity index (χ2v) is 3.78.